The number of likely N-dealkylation sites (N-methyl/N-ethyl adjacent to an activating group) is 1. The second-order valence-electron chi connectivity index (χ2n) is 11.6. The molecule has 9 heteroatoms. The van der Waals surface area contributed by atoms with Crippen molar-refractivity contribution in [3.05, 3.63) is 59.1 Å². The van der Waals surface area contributed by atoms with Crippen LogP contribution in [-0.2, 0) is 17.8 Å². The zero-order valence-electron chi connectivity index (χ0n) is 22.7. The maximum absolute atomic E-state index is 14.9. The number of carbonyl (C=O) groups excluding carboxylic acids is 1. The van der Waals surface area contributed by atoms with Crippen LogP contribution in [0.15, 0.2) is 30.9 Å². The van der Waals surface area contributed by atoms with Crippen molar-refractivity contribution in [1.29, 1.82) is 5.26 Å². The molecule has 1 atom stereocenters. The SMILES string of the molecule is C=CC(=O)N1CC2(C1)CN(c1c(C#N)c(OCC3CCCN3C)nc3c1CCN(c1c(C)cccc1F)C3)C2. The average Bonchev–Trinajstić information content (AvgIpc) is 3.29. The van der Waals surface area contributed by atoms with Crippen LogP contribution in [0.2, 0.25) is 0 Å². The van der Waals surface area contributed by atoms with Crippen molar-refractivity contribution in [3.63, 3.8) is 0 Å². The molecule has 1 unspecified atom stereocenters. The number of likely N-dealkylation sites (tertiary alicyclic amines) is 2. The van der Waals surface area contributed by atoms with E-state index in [1.807, 2.05) is 22.8 Å². The monoisotopic (exact) mass is 530 g/mol. The molecule has 39 heavy (non-hydrogen) atoms. The number of nitriles is 1. The van der Waals surface area contributed by atoms with Crippen LogP contribution in [-0.4, -0.2) is 79.7 Å². The molecule has 3 fully saturated rings. The van der Waals surface area contributed by atoms with E-state index < -0.39 is 0 Å². The molecule has 2 aromatic rings. The number of rotatable bonds is 6. The highest BCUT2D eigenvalue weighted by atomic mass is 19.1. The molecule has 0 saturated carbocycles. The Bertz CT molecular complexity index is 1340. The lowest BCUT2D eigenvalue weighted by Gasteiger charge is -2.61. The Labute approximate surface area is 229 Å². The predicted molar refractivity (Wildman–Crippen MR) is 147 cm³/mol. The zero-order valence-corrected chi connectivity index (χ0v) is 22.7. The Hall–Kier alpha value is -3.64. The Morgan fingerprint density at radius 2 is 2.05 bits per heavy atom. The van der Waals surface area contributed by atoms with Crippen LogP contribution in [0.5, 0.6) is 5.88 Å². The highest BCUT2D eigenvalue weighted by molar-refractivity contribution is 5.88. The van der Waals surface area contributed by atoms with Crippen molar-refractivity contribution in [3.8, 4) is 11.9 Å². The van der Waals surface area contributed by atoms with Gasteiger partial charge in [0, 0.05) is 49.7 Å². The molecule has 5 heterocycles. The summed E-state index contributed by atoms with van der Waals surface area (Å²) in [6, 6.07) is 7.88. The minimum absolute atomic E-state index is 0.0332. The predicted octanol–water partition coefficient (Wildman–Crippen LogP) is 3.27. The van der Waals surface area contributed by atoms with Crippen molar-refractivity contribution in [2.75, 3.05) is 62.7 Å². The third-order valence-corrected chi connectivity index (χ3v) is 8.90. The summed E-state index contributed by atoms with van der Waals surface area (Å²) in [5.74, 6) is 0.104. The van der Waals surface area contributed by atoms with Gasteiger partial charge >= 0.3 is 0 Å². The smallest absolute Gasteiger partial charge is 0.245 e. The molecule has 6 rings (SSSR count). The van der Waals surface area contributed by atoms with Crippen molar-refractivity contribution in [2.45, 2.75) is 38.8 Å². The minimum atomic E-state index is -0.235. The first-order valence-electron chi connectivity index (χ1n) is 13.8. The van der Waals surface area contributed by atoms with E-state index in [0.29, 0.717) is 62.4 Å². The quantitative estimate of drug-likeness (QED) is 0.531. The van der Waals surface area contributed by atoms with Crippen LogP contribution in [0.4, 0.5) is 15.8 Å². The van der Waals surface area contributed by atoms with E-state index in [-0.39, 0.29) is 17.1 Å². The van der Waals surface area contributed by atoms with Crippen molar-refractivity contribution in [2.24, 2.45) is 5.41 Å². The first-order valence-corrected chi connectivity index (χ1v) is 13.8. The van der Waals surface area contributed by atoms with E-state index in [9.17, 15) is 14.4 Å². The number of hydrogen-bond acceptors (Lipinski definition) is 7. The third-order valence-electron chi connectivity index (χ3n) is 8.90. The number of nitrogens with zero attached hydrogens (tertiary/aromatic N) is 6. The number of amides is 1. The molecule has 3 saturated heterocycles. The average molecular weight is 531 g/mol. The lowest BCUT2D eigenvalue weighted by molar-refractivity contribution is -0.139. The lowest BCUT2D eigenvalue weighted by atomic mass is 9.72. The van der Waals surface area contributed by atoms with Crippen molar-refractivity contribution >= 4 is 17.3 Å². The van der Waals surface area contributed by atoms with Crippen LogP contribution in [0.3, 0.4) is 0 Å². The zero-order chi connectivity index (χ0) is 27.3. The number of para-hydroxylation sites is 1. The van der Waals surface area contributed by atoms with E-state index in [2.05, 4.69) is 29.5 Å². The highest BCUT2D eigenvalue weighted by Crippen LogP contribution is 2.46. The van der Waals surface area contributed by atoms with Crippen molar-refractivity contribution < 1.29 is 13.9 Å². The van der Waals surface area contributed by atoms with Gasteiger partial charge in [0.1, 0.15) is 24.1 Å². The Morgan fingerprint density at radius 3 is 2.72 bits per heavy atom. The van der Waals surface area contributed by atoms with Gasteiger partial charge in [0.25, 0.3) is 0 Å². The third kappa shape index (κ3) is 4.41. The number of aromatic nitrogens is 1. The van der Waals surface area contributed by atoms with Gasteiger partial charge in [-0.15, -0.1) is 0 Å². The number of ether oxygens (including phenoxy) is 1. The number of fused-ring (bicyclic) bond motifs is 1. The fraction of sp³-hybridized carbons (Fsp3) is 0.500. The standard InChI is InChI=1S/C30H35FN6O2/c1-4-26(38)36-16-30(17-36)18-37(19-30)28-22-10-12-35(27-20(2)7-5-9-24(27)31)14-25(22)33-29(23(28)13-32)39-15-21-8-6-11-34(21)3/h4-5,7,9,21H,1,6,8,10-12,14-19H2,2-3H3. The molecule has 8 nitrogen and oxygen atoms in total. The second-order valence-corrected chi connectivity index (χ2v) is 11.6. The van der Waals surface area contributed by atoms with Gasteiger partial charge in [0.2, 0.25) is 11.8 Å². The van der Waals surface area contributed by atoms with Gasteiger partial charge in [-0.05, 0) is 57.5 Å². The molecule has 1 spiro atoms. The fourth-order valence-electron chi connectivity index (χ4n) is 6.84. The summed E-state index contributed by atoms with van der Waals surface area (Å²) in [6.45, 7) is 11.1. The number of carbonyl (C=O) groups is 1. The number of pyridine rings is 1. The van der Waals surface area contributed by atoms with Gasteiger partial charge in [-0.1, -0.05) is 18.7 Å². The van der Waals surface area contributed by atoms with Crippen LogP contribution in [0, 0.1) is 29.5 Å². The maximum atomic E-state index is 14.9. The van der Waals surface area contributed by atoms with Crippen LogP contribution < -0.4 is 14.5 Å². The van der Waals surface area contributed by atoms with Gasteiger partial charge in [-0.25, -0.2) is 9.37 Å². The van der Waals surface area contributed by atoms with Gasteiger partial charge in [-0.2, -0.15) is 5.26 Å². The molecule has 0 N–H and O–H groups in total. The summed E-state index contributed by atoms with van der Waals surface area (Å²) in [6.07, 6.45) is 4.23. The maximum Gasteiger partial charge on any atom is 0.245 e. The molecule has 0 radical (unpaired) electrons. The molecule has 1 aromatic heterocycles. The van der Waals surface area contributed by atoms with E-state index in [1.54, 1.807) is 6.07 Å². The normalized spacial score (nSPS) is 21.7. The van der Waals surface area contributed by atoms with Crippen LogP contribution in [0.25, 0.3) is 0 Å². The number of halogens is 1. The summed E-state index contributed by atoms with van der Waals surface area (Å²) in [4.78, 5) is 25.3. The summed E-state index contributed by atoms with van der Waals surface area (Å²) < 4.78 is 21.2. The molecule has 1 aromatic carbocycles. The van der Waals surface area contributed by atoms with E-state index in [1.165, 1.54) is 12.1 Å². The first kappa shape index (κ1) is 25.6. The fourth-order valence-corrected chi connectivity index (χ4v) is 6.84. The molecular weight excluding hydrogens is 495 g/mol. The van der Waals surface area contributed by atoms with Gasteiger partial charge in [-0.3, -0.25) is 4.79 Å². The van der Waals surface area contributed by atoms with Crippen LogP contribution >= 0.6 is 0 Å². The molecule has 1 amide bonds. The summed E-state index contributed by atoms with van der Waals surface area (Å²) in [5, 5.41) is 10.3. The molecule has 0 bridgehead atoms. The van der Waals surface area contributed by atoms with Gasteiger partial charge < -0.3 is 24.3 Å². The molecule has 0 aliphatic carbocycles. The summed E-state index contributed by atoms with van der Waals surface area (Å²) in [5.41, 5.74) is 4.83. The summed E-state index contributed by atoms with van der Waals surface area (Å²) in [7, 11) is 2.10. The first-order chi connectivity index (χ1) is 18.8. The Balaban J connectivity index is 1.32. The molecule has 4 aliphatic heterocycles. The number of aryl methyl sites for hydroxylation is 1. The van der Waals surface area contributed by atoms with E-state index in [0.717, 1.165) is 55.0 Å². The van der Waals surface area contributed by atoms with E-state index >= 15 is 0 Å². The van der Waals surface area contributed by atoms with Crippen LogP contribution in [0.1, 0.15) is 35.2 Å². The lowest BCUT2D eigenvalue weighted by Crippen LogP contribution is -2.73. The van der Waals surface area contributed by atoms with Gasteiger partial charge in [0.05, 0.1) is 23.6 Å². The molecule has 4 aliphatic rings. The molecule has 204 valence electrons. The number of anilines is 2. The Kier molecular flexibility index (Phi) is 6.46. The number of benzene rings is 1. The number of hydrogen-bond donors (Lipinski definition) is 0. The minimum Gasteiger partial charge on any atom is -0.475 e. The summed E-state index contributed by atoms with van der Waals surface area (Å²) >= 11 is 0. The largest absolute Gasteiger partial charge is 0.475 e. The Morgan fingerprint density at radius 1 is 1.26 bits per heavy atom. The molecular formula is C30H35FN6O2. The van der Waals surface area contributed by atoms with Gasteiger partial charge in [0.15, 0.2) is 0 Å². The van der Waals surface area contributed by atoms with Crippen molar-refractivity contribution in [1.82, 2.24) is 14.8 Å². The van der Waals surface area contributed by atoms with E-state index in [4.69, 9.17) is 9.72 Å². The highest BCUT2D eigenvalue weighted by Gasteiger charge is 2.54. The topological polar surface area (TPSA) is 75.9 Å². The second kappa shape index (κ2) is 9.83.